The molecule has 0 heterocycles. The zero-order valence-corrected chi connectivity index (χ0v) is 12.0. The molecule has 0 bridgehead atoms. The summed E-state index contributed by atoms with van der Waals surface area (Å²) in [7, 11) is 0. The molecule has 19 heavy (non-hydrogen) atoms. The van der Waals surface area contributed by atoms with Crippen LogP contribution in [-0.4, -0.2) is 41.3 Å². The number of unbranched alkanes of at least 4 members (excludes halogenated alkanes) is 1. The molecule has 6 heteroatoms. The molecular formula is C13H24F3NO2. The second-order valence-electron chi connectivity index (χ2n) is 5.83. The number of carbonyl (C=O) groups is 1. The molecule has 0 atom stereocenters. The van der Waals surface area contributed by atoms with Crippen molar-refractivity contribution in [2.24, 2.45) is 5.41 Å². The van der Waals surface area contributed by atoms with Crippen LogP contribution in [0.15, 0.2) is 0 Å². The zero-order valence-electron chi connectivity index (χ0n) is 12.0. The van der Waals surface area contributed by atoms with E-state index in [1.807, 2.05) is 0 Å². The summed E-state index contributed by atoms with van der Waals surface area (Å²) in [6, 6.07) is -0.172. The number of rotatable bonds is 8. The van der Waals surface area contributed by atoms with E-state index in [1.165, 1.54) is 4.90 Å². The molecule has 0 amide bonds. The van der Waals surface area contributed by atoms with Gasteiger partial charge in [-0.3, -0.25) is 9.69 Å². The van der Waals surface area contributed by atoms with Gasteiger partial charge in [-0.05, 0) is 47.1 Å². The van der Waals surface area contributed by atoms with E-state index >= 15 is 0 Å². The van der Waals surface area contributed by atoms with Gasteiger partial charge in [-0.2, -0.15) is 13.2 Å². The van der Waals surface area contributed by atoms with E-state index in [9.17, 15) is 18.0 Å². The van der Waals surface area contributed by atoms with Crippen molar-refractivity contribution in [3.05, 3.63) is 0 Å². The molecule has 0 aliphatic heterocycles. The van der Waals surface area contributed by atoms with E-state index in [0.717, 1.165) is 0 Å². The Bertz CT molecular complexity index is 288. The topological polar surface area (TPSA) is 40.5 Å². The van der Waals surface area contributed by atoms with Gasteiger partial charge in [0.05, 0.1) is 12.0 Å². The Labute approximate surface area is 112 Å². The molecule has 0 aliphatic rings. The van der Waals surface area contributed by atoms with E-state index < -0.39 is 24.1 Å². The third-order valence-electron chi connectivity index (χ3n) is 3.19. The van der Waals surface area contributed by atoms with E-state index in [-0.39, 0.29) is 6.04 Å². The van der Waals surface area contributed by atoms with Crippen LogP contribution in [0.3, 0.4) is 0 Å². The molecule has 0 aliphatic carbocycles. The standard InChI is InChI=1S/C13H24F3NO2/c1-10(2)17(9-13(14,15)16)8-6-5-7-12(3,4)11(18)19/h10H,5-9H2,1-4H3,(H,18,19). The minimum atomic E-state index is -4.19. The van der Waals surface area contributed by atoms with E-state index in [0.29, 0.717) is 25.8 Å². The maximum Gasteiger partial charge on any atom is 0.401 e. The van der Waals surface area contributed by atoms with E-state index in [2.05, 4.69) is 0 Å². The monoisotopic (exact) mass is 283 g/mol. The van der Waals surface area contributed by atoms with Crippen LogP contribution in [0, 0.1) is 5.41 Å². The fraction of sp³-hybridized carbons (Fsp3) is 0.923. The summed E-state index contributed by atoms with van der Waals surface area (Å²) < 4.78 is 37.1. The Hall–Kier alpha value is -0.780. The number of carboxylic acid groups (broad SMARTS) is 1. The Kier molecular flexibility index (Phi) is 6.83. The smallest absolute Gasteiger partial charge is 0.401 e. The summed E-state index contributed by atoms with van der Waals surface area (Å²) in [6.07, 6.45) is -2.53. The summed E-state index contributed by atoms with van der Waals surface area (Å²) in [5.74, 6) is -0.872. The summed E-state index contributed by atoms with van der Waals surface area (Å²) >= 11 is 0. The lowest BCUT2D eigenvalue weighted by atomic mass is 9.87. The summed E-state index contributed by atoms with van der Waals surface area (Å²) in [5, 5.41) is 8.93. The number of carboxylic acids is 1. The Morgan fingerprint density at radius 1 is 1.21 bits per heavy atom. The van der Waals surface area contributed by atoms with Gasteiger partial charge in [0.25, 0.3) is 0 Å². The predicted octanol–water partition coefficient (Wildman–Crippen LogP) is 3.54. The summed E-state index contributed by atoms with van der Waals surface area (Å²) in [5.41, 5.74) is -0.813. The molecule has 0 radical (unpaired) electrons. The molecular weight excluding hydrogens is 259 g/mol. The first-order chi connectivity index (χ1) is 8.46. The third-order valence-corrected chi connectivity index (χ3v) is 3.19. The predicted molar refractivity (Wildman–Crippen MR) is 68.0 cm³/mol. The molecule has 0 rings (SSSR count). The van der Waals surface area contributed by atoms with Gasteiger partial charge in [0.2, 0.25) is 0 Å². The van der Waals surface area contributed by atoms with Crippen molar-refractivity contribution in [3.63, 3.8) is 0 Å². The van der Waals surface area contributed by atoms with Crippen LogP contribution in [0.1, 0.15) is 47.0 Å². The van der Waals surface area contributed by atoms with Crippen LogP contribution >= 0.6 is 0 Å². The van der Waals surface area contributed by atoms with Gasteiger partial charge in [-0.25, -0.2) is 0 Å². The maximum absolute atomic E-state index is 12.4. The summed E-state index contributed by atoms with van der Waals surface area (Å²) in [4.78, 5) is 12.3. The van der Waals surface area contributed by atoms with E-state index in [4.69, 9.17) is 5.11 Å². The number of nitrogens with zero attached hydrogens (tertiary/aromatic N) is 1. The van der Waals surface area contributed by atoms with Crippen LogP contribution in [0.5, 0.6) is 0 Å². The number of hydrogen-bond donors (Lipinski definition) is 1. The van der Waals surface area contributed by atoms with Crippen molar-refractivity contribution in [3.8, 4) is 0 Å². The highest BCUT2D eigenvalue weighted by Crippen LogP contribution is 2.24. The van der Waals surface area contributed by atoms with Crippen molar-refractivity contribution in [2.45, 2.75) is 59.2 Å². The average Bonchev–Trinajstić information content (AvgIpc) is 2.20. The second-order valence-corrected chi connectivity index (χ2v) is 5.83. The van der Waals surface area contributed by atoms with Gasteiger partial charge in [-0.15, -0.1) is 0 Å². The van der Waals surface area contributed by atoms with Crippen LogP contribution < -0.4 is 0 Å². The highest BCUT2D eigenvalue weighted by Gasteiger charge is 2.31. The molecule has 0 saturated carbocycles. The molecule has 0 aromatic heterocycles. The van der Waals surface area contributed by atoms with Crippen LogP contribution in [-0.2, 0) is 4.79 Å². The SMILES string of the molecule is CC(C)N(CCCCC(C)(C)C(=O)O)CC(F)(F)F. The quantitative estimate of drug-likeness (QED) is 0.693. The summed E-state index contributed by atoms with van der Waals surface area (Å²) in [6.45, 7) is 6.15. The van der Waals surface area contributed by atoms with Crippen molar-refractivity contribution in [2.75, 3.05) is 13.1 Å². The fourth-order valence-corrected chi connectivity index (χ4v) is 1.74. The van der Waals surface area contributed by atoms with Crippen molar-refractivity contribution >= 4 is 5.97 Å². The zero-order chi connectivity index (χ0) is 15.3. The van der Waals surface area contributed by atoms with Gasteiger partial charge in [0.15, 0.2) is 0 Å². The molecule has 3 nitrogen and oxygen atoms in total. The highest BCUT2D eigenvalue weighted by molar-refractivity contribution is 5.73. The molecule has 0 unspecified atom stereocenters. The molecule has 0 fully saturated rings. The lowest BCUT2D eigenvalue weighted by Crippen LogP contribution is -2.39. The van der Waals surface area contributed by atoms with Crippen molar-refractivity contribution in [1.29, 1.82) is 0 Å². The van der Waals surface area contributed by atoms with Gasteiger partial charge < -0.3 is 5.11 Å². The largest absolute Gasteiger partial charge is 0.481 e. The fourth-order valence-electron chi connectivity index (χ4n) is 1.74. The van der Waals surface area contributed by atoms with Crippen LogP contribution in [0.2, 0.25) is 0 Å². The number of hydrogen-bond acceptors (Lipinski definition) is 2. The molecule has 0 saturated heterocycles. The minimum Gasteiger partial charge on any atom is -0.481 e. The van der Waals surface area contributed by atoms with E-state index in [1.54, 1.807) is 27.7 Å². The lowest BCUT2D eigenvalue weighted by Gasteiger charge is -2.28. The van der Waals surface area contributed by atoms with Crippen molar-refractivity contribution < 1.29 is 23.1 Å². The Morgan fingerprint density at radius 2 is 1.74 bits per heavy atom. The lowest BCUT2D eigenvalue weighted by molar-refractivity contribution is -0.149. The average molecular weight is 283 g/mol. The molecule has 114 valence electrons. The number of halogens is 3. The molecule has 0 aromatic rings. The highest BCUT2D eigenvalue weighted by atomic mass is 19.4. The third kappa shape index (κ3) is 8.08. The van der Waals surface area contributed by atoms with Crippen LogP contribution in [0.25, 0.3) is 0 Å². The van der Waals surface area contributed by atoms with Gasteiger partial charge in [-0.1, -0.05) is 6.42 Å². The minimum absolute atomic E-state index is 0.172. The first-order valence-corrected chi connectivity index (χ1v) is 6.50. The number of aliphatic carboxylic acids is 1. The molecule has 0 spiro atoms. The molecule has 1 N–H and O–H groups in total. The second kappa shape index (κ2) is 7.12. The van der Waals surface area contributed by atoms with Gasteiger partial charge in [0, 0.05) is 6.04 Å². The first-order valence-electron chi connectivity index (χ1n) is 6.50. The van der Waals surface area contributed by atoms with Gasteiger partial charge >= 0.3 is 12.1 Å². The number of alkyl halides is 3. The maximum atomic E-state index is 12.4. The van der Waals surface area contributed by atoms with Crippen LogP contribution in [0.4, 0.5) is 13.2 Å². The Morgan fingerprint density at radius 3 is 2.11 bits per heavy atom. The van der Waals surface area contributed by atoms with Crippen molar-refractivity contribution in [1.82, 2.24) is 4.90 Å². The first kappa shape index (κ1) is 18.2. The normalized spacial score (nSPS) is 13.3. The molecule has 0 aromatic carbocycles. The van der Waals surface area contributed by atoms with Gasteiger partial charge in [0.1, 0.15) is 0 Å². The Balaban J connectivity index is 4.12.